The molecule has 0 unspecified atom stereocenters. The molecule has 1 fully saturated rings. The quantitative estimate of drug-likeness (QED) is 0.779. The van der Waals surface area contributed by atoms with E-state index in [0.717, 1.165) is 24.1 Å². The minimum atomic E-state index is -4.39. The van der Waals surface area contributed by atoms with Crippen LogP contribution in [0.3, 0.4) is 0 Å². The zero-order valence-corrected chi connectivity index (χ0v) is 13.0. The van der Waals surface area contributed by atoms with Crippen molar-refractivity contribution in [3.8, 4) is 0 Å². The van der Waals surface area contributed by atoms with Gasteiger partial charge in [0.2, 0.25) is 0 Å². The maximum absolute atomic E-state index is 12.8. The third-order valence-electron chi connectivity index (χ3n) is 4.21. The smallest absolute Gasteiger partial charge is 0.303 e. The molecule has 1 aliphatic rings. The number of hydroxylamine groups is 1. The van der Waals surface area contributed by atoms with Crippen molar-refractivity contribution in [2.24, 2.45) is 5.41 Å². The molecule has 0 N–H and O–H groups in total. The molecule has 1 saturated heterocycles. The maximum Gasteiger partial charge on any atom is 0.416 e. The Labute approximate surface area is 137 Å². The predicted octanol–water partition coefficient (Wildman–Crippen LogP) is 4.40. The fraction of sp³-hybridized carbons (Fsp3) is 0.278. The molecule has 0 amide bonds. The van der Waals surface area contributed by atoms with E-state index in [1.807, 2.05) is 30.3 Å². The average molecular weight is 335 g/mol. The highest BCUT2D eigenvalue weighted by Crippen LogP contribution is 2.45. The summed E-state index contributed by atoms with van der Waals surface area (Å²) >= 11 is 0. The molecule has 0 aromatic heterocycles. The Bertz CT molecular complexity index is 715. The minimum Gasteiger partial charge on any atom is -0.303 e. The van der Waals surface area contributed by atoms with Crippen LogP contribution in [-0.2, 0) is 15.8 Å². The van der Waals surface area contributed by atoms with E-state index in [1.54, 1.807) is 12.0 Å². The largest absolute Gasteiger partial charge is 0.416 e. The van der Waals surface area contributed by atoms with E-state index in [-0.39, 0.29) is 6.61 Å². The van der Waals surface area contributed by atoms with Gasteiger partial charge in [-0.05, 0) is 36.8 Å². The summed E-state index contributed by atoms with van der Waals surface area (Å²) in [6.45, 7) is 1.91. The van der Waals surface area contributed by atoms with Crippen LogP contribution in [0.1, 0.15) is 24.1 Å². The lowest BCUT2D eigenvalue weighted by atomic mass is 9.81. The Balaban J connectivity index is 2.01. The summed E-state index contributed by atoms with van der Waals surface area (Å²) in [6.07, 6.45) is -3.59. The predicted molar refractivity (Wildman–Crippen MR) is 83.2 cm³/mol. The SMILES string of the molecule is C[C@]1(C=O)CON(c2ccccc2)[C@@H]1c1ccc(C(F)(F)F)cc1. The summed E-state index contributed by atoms with van der Waals surface area (Å²) < 4.78 is 38.3. The lowest BCUT2D eigenvalue weighted by molar-refractivity contribution is -0.137. The van der Waals surface area contributed by atoms with Gasteiger partial charge in [0, 0.05) is 0 Å². The molecule has 2 atom stereocenters. The van der Waals surface area contributed by atoms with Gasteiger partial charge in [0.25, 0.3) is 0 Å². The van der Waals surface area contributed by atoms with Crippen LogP contribution in [0.15, 0.2) is 54.6 Å². The second kappa shape index (κ2) is 5.94. The first-order chi connectivity index (χ1) is 11.3. The van der Waals surface area contributed by atoms with E-state index in [4.69, 9.17) is 4.84 Å². The highest BCUT2D eigenvalue weighted by atomic mass is 19.4. The van der Waals surface area contributed by atoms with Crippen molar-refractivity contribution in [2.75, 3.05) is 11.7 Å². The van der Waals surface area contributed by atoms with E-state index >= 15 is 0 Å². The van der Waals surface area contributed by atoms with E-state index in [9.17, 15) is 18.0 Å². The van der Waals surface area contributed by atoms with Crippen molar-refractivity contribution in [3.63, 3.8) is 0 Å². The molecule has 3 nitrogen and oxygen atoms in total. The minimum absolute atomic E-state index is 0.164. The molecule has 0 spiro atoms. The number of nitrogens with zero attached hydrogens (tertiary/aromatic N) is 1. The average Bonchev–Trinajstić information content (AvgIpc) is 2.93. The fourth-order valence-electron chi connectivity index (χ4n) is 2.90. The van der Waals surface area contributed by atoms with Crippen LogP contribution < -0.4 is 5.06 Å². The van der Waals surface area contributed by atoms with Crippen molar-refractivity contribution in [2.45, 2.75) is 19.1 Å². The molecule has 2 aromatic rings. The first kappa shape index (κ1) is 16.5. The molecule has 3 rings (SSSR count). The van der Waals surface area contributed by atoms with Crippen LogP contribution in [-0.4, -0.2) is 12.9 Å². The van der Waals surface area contributed by atoms with Gasteiger partial charge in [-0.3, -0.25) is 4.84 Å². The molecular formula is C18H16F3NO2. The number of hydrogen-bond donors (Lipinski definition) is 0. The Morgan fingerprint density at radius 2 is 1.75 bits per heavy atom. The van der Waals surface area contributed by atoms with Crippen molar-refractivity contribution >= 4 is 12.0 Å². The second-order valence-electron chi connectivity index (χ2n) is 6.08. The zero-order valence-electron chi connectivity index (χ0n) is 13.0. The monoisotopic (exact) mass is 335 g/mol. The van der Waals surface area contributed by atoms with Crippen molar-refractivity contribution in [1.82, 2.24) is 0 Å². The summed E-state index contributed by atoms with van der Waals surface area (Å²) in [4.78, 5) is 17.3. The third-order valence-corrected chi connectivity index (χ3v) is 4.21. The number of hydrogen-bond acceptors (Lipinski definition) is 3. The number of alkyl halides is 3. The molecular weight excluding hydrogens is 319 g/mol. The van der Waals surface area contributed by atoms with Crippen molar-refractivity contribution in [3.05, 3.63) is 65.7 Å². The molecule has 6 heteroatoms. The highest BCUT2D eigenvalue weighted by Gasteiger charge is 2.47. The van der Waals surface area contributed by atoms with Crippen LogP contribution in [0.25, 0.3) is 0 Å². The number of halogens is 3. The van der Waals surface area contributed by atoms with Gasteiger partial charge in [0.1, 0.15) is 6.29 Å². The summed E-state index contributed by atoms with van der Waals surface area (Å²) in [5, 5.41) is 1.59. The molecule has 1 heterocycles. The van der Waals surface area contributed by atoms with Crippen molar-refractivity contribution < 1.29 is 22.8 Å². The summed E-state index contributed by atoms with van der Waals surface area (Å²) in [5.74, 6) is 0. The number of rotatable bonds is 3. The number of carbonyl (C=O) groups excluding carboxylic acids is 1. The standard InChI is InChI=1S/C18H16F3NO2/c1-17(11-23)12-24-22(15-5-3-2-4-6-15)16(17)13-7-9-14(10-8-13)18(19,20)21/h2-11,16H,12H2,1H3/t16-,17+/m1/s1. The molecule has 0 aliphatic carbocycles. The van der Waals surface area contributed by atoms with Crippen molar-refractivity contribution in [1.29, 1.82) is 0 Å². The Morgan fingerprint density at radius 3 is 2.29 bits per heavy atom. The Kier molecular flexibility index (Phi) is 4.09. The van der Waals surface area contributed by atoms with E-state index < -0.39 is 23.2 Å². The zero-order chi connectivity index (χ0) is 17.4. The molecule has 24 heavy (non-hydrogen) atoms. The number of para-hydroxylation sites is 1. The van der Waals surface area contributed by atoms with E-state index in [1.165, 1.54) is 12.1 Å². The first-order valence-corrected chi connectivity index (χ1v) is 7.46. The van der Waals surface area contributed by atoms with Crippen LogP contribution >= 0.6 is 0 Å². The van der Waals surface area contributed by atoms with Gasteiger partial charge in [-0.15, -0.1) is 0 Å². The highest BCUT2D eigenvalue weighted by molar-refractivity contribution is 5.65. The van der Waals surface area contributed by atoms with Gasteiger partial charge >= 0.3 is 6.18 Å². The number of anilines is 1. The summed E-state index contributed by atoms with van der Waals surface area (Å²) in [5.41, 5.74) is -0.230. The number of benzene rings is 2. The number of carbonyl (C=O) groups is 1. The third kappa shape index (κ3) is 2.89. The fourth-order valence-corrected chi connectivity index (χ4v) is 2.90. The molecule has 0 saturated carbocycles. The Hall–Kier alpha value is -2.34. The van der Waals surface area contributed by atoms with E-state index in [0.29, 0.717) is 5.56 Å². The van der Waals surface area contributed by atoms with Crippen LogP contribution in [0.4, 0.5) is 18.9 Å². The summed E-state index contributed by atoms with van der Waals surface area (Å²) in [6, 6.07) is 13.5. The molecule has 2 aromatic carbocycles. The van der Waals surface area contributed by atoms with Gasteiger partial charge in [-0.1, -0.05) is 30.3 Å². The second-order valence-corrected chi connectivity index (χ2v) is 6.08. The number of aldehydes is 1. The maximum atomic E-state index is 12.8. The van der Waals surface area contributed by atoms with Gasteiger partial charge in [0.15, 0.2) is 0 Å². The molecule has 0 bridgehead atoms. The topological polar surface area (TPSA) is 29.5 Å². The Morgan fingerprint density at radius 1 is 1.12 bits per heavy atom. The van der Waals surface area contributed by atoms with Gasteiger partial charge in [0.05, 0.1) is 29.3 Å². The lowest BCUT2D eigenvalue weighted by Crippen LogP contribution is -2.31. The van der Waals surface area contributed by atoms with Gasteiger partial charge < -0.3 is 4.79 Å². The van der Waals surface area contributed by atoms with E-state index in [2.05, 4.69) is 0 Å². The summed E-state index contributed by atoms with van der Waals surface area (Å²) in [7, 11) is 0. The van der Waals surface area contributed by atoms with Crippen LogP contribution in [0, 0.1) is 5.41 Å². The first-order valence-electron chi connectivity index (χ1n) is 7.46. The van der Waals surface area contributed by atoms with Gasteiger partial charge in [-0.25, -0.2) is 5.06 Å². The molecule has 126 valence electrons. The van der Waals surface area contributed by atoms with Crippen LogP contribution in [0.2, 0.25) is 0 Å². The molecule has 0 radical (unpaired) electrons. The van der Waals surface area contributed by atoms with Crippen LogP contribution in [0.5, 0.6) is 0 Å². The van der Waals surface area contributed by atoms with Gasteiger partial charge in [-0.2, -0.15) is 13.2 Å². The lowest BCUT2D eigenvalue weighted by Gasteiger charge is -2.30. The normalized spacial score (nSPS) is 24.2. The molecule has 1 aliphatic heterocycles.